The van der Waals surface area contributed by atoms with E-state index in [1.165, 1.54) is 30.3 Å². The molecule has 0 spiro atoms. The second-order valence-corrected chi connectivity index (χ2v) is 7.32. The minimum absolute atomic E-state index is 0.188. The average Bonchev–Trinajstić information content (AvgIpc) is 3.28. The van der Waals surface area contributed by atoms with Crippen LogP contribution in [0.25, 0.3) is 23.5 Å². The molecule has 4 aromatic rings. The monoisotopic (exact) mass is 452 g/mol. The molecular formula is C27H21FN4O2. The lowest BCUT2D eigenvalue weighted by molar-refractivity contribution is -0.111. The summed E-state index contributed by atoms with van der Waals surface area (Å²) in [5.74, 6) is -0.342. The second-order valence-electron chi connectivity index (χ2n) is 7.32. The Labute approximate surface area is 195 Å². The molecule has 0 unspecified atom stereocenters. The summed E-state index contributed by atoms with van der Waals surface area (Å²) in [7, 11) is 0. The fourth-order valence-electron chi connectivity index (χ4n) is 3.20. The number of rotatable bonds is 7. The first kappa shape index (κ1) is 22.4. The first-order valence-electron chi connectivity index (χ1n) is 10.5. The predicted octanol–water partition coefficient (Wildman–Crippen LogP) is 5.76. The van der Waals surface area contributed by atoms with Crippen molar-refractivity contribution < 1.29 is 14.0 Å². The number of amides is 2. The van der Waals surface area contributed by atoms with Crippen molar-refractivity contribution in [2.45, 2.75) is 0 Å². The summed E-state index contributed by atoms with van der Waals surface area (Å²) in [6, 6.07) is 21.7. The van der Waals surface area contributed by atoms with Crippen LogP contribution in [0.1, 0.15) is 21.7 Å². The molecule has 0 aliphatic heterocycles. The summed E-state index contributed by atoms with van der Waals surface area (Å²) >= 11 is 0. The summed E-state index contributed by atoms with van der Waals surface area (Å²) in [5.41, 5.74) is 3.72. The smallest absolute Gasteiger partial charge is 0.255 e. The Kier molecular flexibility index (Phi) is 6.74. The van der Waals surface area contributed by atoms with Crippen LogP contribution in [-0.2, 0) is 4.79 Å². The molecule has 7 heteroatoms. The van der Waals surface area contributed by atoms with Gasteiger partial charge in [0.05, 0.1) is 11.4 Å². The van der Waals surface area contributed by atoms with E-state index in [9.17, 15) is 14.0 Å². The van der Waals surface area contributed by atoms with Crippen molar-refractivity contribution in [2.75, 3.05) is 10.6 Å². The fraction of sp³-hybridized carbons (Fsp3) is 0. The highest BCUT2D eigenvalue weighted by atomic mass is 19.1. The van der Waals surface area contributed by atoms with Gasteiger partial charge in [-0.2, -0.15) is 0 Å². The van der Waals surface area contributed by atoms with E-state index in [1.54, 1.807) is 36.4 Å². The molecule has 0 saturated carbocycles. The molecule has 1 heterocycles. The molecule has 6 nitrogen and oxygen atoms in total. The van der Waals surface area contributed by atoms with Crippen LogP contribution in [-0.4, -0.2) is 21.8 Å². The van der Waals surface area contributed by atoms with Crippen LogP contribution in [0.3, 0.4) is 0 Å². The standard InChI is InChI=1S/C27H21FN4O2/c1-2-23-24(16-17-25(33)29-21-14-10-20(28)11-15-21)32-26(31-23)18-8-12-22(13-9-18)30-27(34)19-6-4-3-5-7-19/h2-17H,1H2,(H,29,33)(H,30,34)(H,31,32)/b17-16+. The van der Waals surface area contributed by atoms with E-state index in [0.29, 0.717) is 34.2 Å². The molecule has 168 valence electrons. The topological polar surface area (TPSA) is 86.9 Å². The molecule has 1 aromatic heterocycles. The van der Waals surface area contributed by atoms with Crippen molar-refractivity contribution in [3.05, 3.63) is 114 Å². The maximum absolute atomic E-state index is 13.0. The van der Waals surface area contributed by atoms with Gasteiger partial charge in [-0.3, -0.25) is 9.59 Å². The molecule has 0 aliphatic carbocycles. The van der Waals surface area contributed by atoms with E-state index in [4.69, 9.17) is 0 Å². The number of aromatic nitrogens is 2. The molecule has 0 atom stereocenters. The van der Waals surface area contributed by atoms with E-state index in [1.807, 2.05) is 30.3 Å². The van der Waals surface area contributed by atoms with E-state index < -0.39 is 0 Å². The number of H-pyrrole nitrogens is 1. The summed E-state index contributed by atoms with van der Waals surface area (Å²) < 4.78 is 13.0. The fourth-order valence-corrected chi connectivity index (χ4v) is 3.20. The zero-order valence-electron chi connectivity index (χ0n) is 18.1. The van der Waals surface area contributed by atoms with Gasteiger partial charge < -0.3 is 15.6 Å². The van der Waals surface area contributed by atoms with Gasteiger partial charge in [0.1, 0.15) is 11.6 Å². The largest absolute Gasteiger partial charge is 0.338 e. The maximum atomic E-state index is 13.0. The Morgan fingerprint density at radius 3 is 2.21 bits per heavy atom. The van der Waals surface area contributed by atoms with Gasteiger partial charge in [-0.1, -0.05) is 24.8 Å². The third-order valence-corrected chi connectivity index (χ3v) is 4.92. The minimum atomic E-state index is -0.375. The maximum Gasteiger partial charge on any atom is 0.255 e. The first-order chi connectivity index (χ1) is 16.5. The number of carbonyl (C=O) groups is 2. The lowest BCUT2D eigenvalue weighted by Gasteiger charge is -2.06. The highest BCUT2D eigenvalue weighted by Gasteiger charge is 2.10. The zero-order chi connectivity index (χ0) is 23.9. The Morgan fingerprint density at radius 1 is 0.882 bits per heavy atom. The number of hydrogen-bond acceptors (Lipinski definition) is 3. The molecular weight excluding hydrogens is 431 g/mol. The van der Waals surface area contributed by atoms with Crippen LogP contribution < -0.4 is 10.6 Å². The summed E-state index contributed by atoms with van der Waals surface area (Å²) in [4.78, 5) is 32.2. The summed E-state index contributed by atoms with van der Waals surface area (Å²) in [5, 5.41) is 5.52. The van der Waals surface area contributed by atoms with Crippen LogP contribution in [0.4, 0.5) is 15.8 Å². The highest BCUT2D eigenvalue weighted by molar-refractivity contribution is 6.04. The van der Waals surface area contributed by atoms with Crippen molar-refractivity contribution >= 4 is 35.3 Å². The highest BCUT2D eigenvalue weighted by Crippen LogP contribution is 2.22. The normalized spacial score (nSPS) is 10.7. The van der Waals surface area contributed by atoms with Crippen LogP contribution in [0.15, 0.2) is 91.5 Å². The lowest BCUT2D eigenvalue weighted by atomic mass is 10.1. The molecule has 3 N–H and O–H groups in total. The number of nitrogens with one attached hydrogen (secondary N) is 3. The van der Waals surface area contributed by atoms with Gasteiger partial charge in [0.2, 0.25) is 5.91 Å². The van der Waals surface area contributed by atoms with E-state index in [-0.39, 0.29) is 17.6 Å². The van der Waals surface area contributed by atoms with E-state index in [0.717, 1.165) is 5.56 Å². The van der Waals surface area contributed by atoms with E-state index >= 15 is 0 Å². The van der Waals surface area contributed by atoms with Gasteiger partial charge in [-0.15, -0.1) is 0 Å². The zero-order valence-corrected chi connectivity index (χ0v) is 18.1. The van der Waals surface area contributed by atoms with Gasteiger partial charge >= 0.3 is 0 Å². The summed E-state index contributed by atoms with van der Waals surface area (Å²) in [6.07, 6.45) is 4.53. The molecule has 0 saturated heterocycles. The molecule has 0 radical (unpaired) electrons. The number of anilines is 2. The van der Waals surface area contributed by atoms with Crippen LogP contribution in [0.5, 0.6) is 0 Å². The van der Waals surface area contributed by atoms with Crippen LogP contribution in [0.2, 0.25) is 0 Å². The predicted molar refractivity (Wildman–Crippen MR) is 133 cm³/mol. The number of imidazole rings is 1. The first-order valence-corrected chi connectivity index (χ1v) is 10.5. The molecule has 3 aromatic carbocycles. The lowest BCUT2D eigenvalue weighted by Crippen LogP contribution is -2.11. The Morgan fingerprint density at radius 2 is 1.53 bits per heavy atom. The van der Waals surface area contributed by atoms with Crippen molar-refractivity contribution in [1.29, 1.82) is 0 Å². The van der Waals surface area contributed by atoms with Crippen molar-refractivity contribution in [1.82, 2.24) is 9.97 Å². The summed E-state index contributed by atoms with van der Waals surface area (Å²) in [6.45, 7) is 3.79. The van der Waals surface area contributed by atoms with E-state index in [2.05, 4.69) is 27.2 Å². The number of nitrogens with zero attached hydrogens (tertiary/aromatic N) is 1. The van der Waals surface area contributed by atoms with Crippen LogP contribution in [0, 0.1) is 5.82 Å². The van der Waals surface area contributed by atoms with Crippen molar-refractivity contribution in [3.8, 4) is 11.4 Å². The molecule has 4 rings (SSSR count). The minimum Gasteiger partial charge on any atom is -0.338 e. The number of halogens is 1. The molecule has 34 heavy (non-hydrogen) atoms. The quantitative estimate of drug-likeness (QED) is 0.312. The molecule has 0 aliphatic rings. The molecule has 2 amide bonds. The Hall–Kier alpha value is -4.78. The second kappa shape index (κ2) is 10.2. The average molecular weight is 452 g/mol. The van der Waals surface area contributed by atoms with Gasteiger partial charge in [0.15, 0.2) is 0 Å². The van der Waals surface area contributed by atoms with Gasteiger partial charge in [0, 0.05) is 28.6 Å². The number of hydrogen-bond donors (Lipinski definition) is 3. The van der Waals surface area contributed by atoms with Gasteiger partial charge in [0.25, 0.3) is 5.91 Å². The van der Waals surface area contributed by atoms with Gasteiger partial charge in [-0.25, -0.2) is 9.37 Å². The van der Waals surface area contributed by atoms with Gasteiger partial charge in [-0.05, 0) is 72.8 Å². The number of carbonyl (C=O) groups excluding carboxylic acids is 2. The SMILES string of the molecule is C=Cc1[nH]c(-c2ccc(NC(=O)c3ccccc3)cc2)nc1/C=C/C(=O)Nc1ccc(F)cc1. The van der Waals surface area contributed by atoms with Crippen molar-refractivity contribution in [2.24, 2.45) is 0 Å². The van der Waals surface area contributed by atoms with Crippen LogP contribution >= 0.6 is 0 Å². The number of aromatic amines is 1. The Balaban J connectivity index is 1.44. The molecule has 0 bridgehead atoms. The number of benzene rings is 3. The third kappa shape index (κ3) is 5.52. The Bertz CT molecular complexity index is 1340. The molecule has 0 fully saturated rings. The third-order valence-electron chi connectivity index (χ3n) is 4.92. The van der Waals surface area contributed by atoms with Crippen molar-refractivity contribution in [3.63, 3.8) is 0 Å².